The second kappa shape index (κ2) is 7.99. The van der Waals surface area contributed by atoms with Crippen molar-refractivity contribution in [2.75, 3.05) is 10.6 Å². The minimum absolute atomic E-state index is 0.0586. The highest BCUT2D eigenvalue weighted by atomic mass is 35.5. The number of nitrogens with one attached hydrogen (secondary N) is 2. The molecule has 6 heteroatoms. The number of hydrogen-bond donors (Lipinski definition) is 2. The number of carbonyl (C=O) groups is 2. The average Bonchev–Trinajstić information content (AvgIpc) is 2.47. The predicted octanol–water partition coefficient (Wildman–Crippen LogP) is 4.98. The summed E-state index contributed by atoms with van der Waals surface area (Å²) in [6, 6.07) is 11.6. The van der Waals surface area contributed by atoms with E-state index in [4.69, 9.17) is 23.2 Å². The topological polar surface area (TPSA) is 58.2 Å². The van der Waals surface area contributed by atoms with Gasteiger partial charge in [0, 0.05) is 22.8 Å². The number of hydrogen-bond acceptors (Lipinski definition) is 2. The molecule has 0 saturated carbocycles. The maximum Gasteiger partial charge on any atom is 0.257 e. The summed E-state index contributed by atoms with van der Waals surface area (Å²) in [5, 5.41) is 6.27. The van der Waals surface area contributed by atoms with Gasteiger partial charge in [0.15, 0.2) is 0 Å². The van der Waals surface area contributed by atoms with E-state index in [2.05, 4.69) is 10.6 Å². The van der Waals surface area contributed by atoms with Crippen molar-refractivity contribution in [3.8, 4) is 0 Å². The van der Waals surface area contributed by atoms with Gasteiger partial charge in [-0.1, -0.05) is 36.2 Å². The third kappa shape index (κ3) is 4.98. The van der Waals surface area contributed by atoms with Crippen LogP contribution in [0.2, 0.25) is 10.0 Å². The molecule has 0 unspecified atom stereocenters. The summed E-state index contributed by atoms with van der Waals surface area (Å²) in [7, 11) is 0. The van der Waals surface area contributed by atoms with Crippen molar-refractivity contribution in [2.24, 2.45) is 0 Å². The van der Waals surface area contributed by atoms with E-state index in [9.17, 15) is 9.59 Å². The third-order valence-corrected chi connectivity index (χ3v) is 3.60. The lowest BCUT2D eigenvalue weighted by molar-refractivity contribution is -0.116. The van der Waals surface area contributed by atoms with Gasteiger partial charge in [-0.2, -0.15) is 0 Å². The van der Waals surface area contributed by atoms with Gasteiger partial charge >= 0.3 is 0 Å². The molecule has 0 bridgehead atoms. The fraction of sp³-hybridized carbons (Fsp3) is 0.176. The third-order valence-electron chi connectivity index (χ3n) is 3.06. The maximum atomic E-state index is 12.3. The highest BCUT2D eigenvalue weighted by molar-refractivity contribution is 6.37. The van der Waals surface area contributed by atoms with Gasteiger partial charge in [0.25, 0.3) is 5.91 Å². The van der Waals surface area contributed by atoms with Crippen molar-refractivity contribution in [3.05, 3.63) is 58.1 Å². The number of benzene rings is 2. The molecule has 23 heavy (non-hydrogen) atoms. The van der Waals surface area contributed by atoms with Crippen molar-refractivity contribution >= 4 is 46.4 Å². The van der Waals surface area contributed by atoms with Crippen LogP contribution in [0.3, 0.4) is 0 Å². The van der Waals surface area contributed by atoms with E-state index in [1.807, 2.05) is 6.92 Å². The Balaban J connectivity index is 2.10. The quantitative estimate of drug-likeness (QED) is 0.798. The molecule has 2 N–H and O–H groups in total. The largest absolute Gasteiger partial charge is 0.326 e. The van der Waals surface area contributed by atoms with E-state index in [1.54, 1.807) is 36.4 Å². The molecule has 0 saturated heterocycles. The first kappa shape index (κ1) is 17.3. The standard InChI is InChI=1S/C17H16Cl2N2O2/c1-2-4-16(22)20-12-5-3-6-13(10-12)21-17(23)14-8-7-11(18)9-15(14)19/h3,5-10H,2,4H2,1H3,(H,20,22)(H,21,23). The van der Waals surface area contributed by atoms with Crippen LogP contribution in [0.1, 0.15) is 30.1 Å². The van der Waals surface area contributed by atoms with E-state index in [1.165, 1.54) is 6.07 Å². The number of amides is 2. The summed E-state index contributed by atoms with van der Waals surface area (Å²) >= 11 is 11.8. The normalized spacial score (nSPS) is 10.2. The fourth-order valence-electron chi connectivity index (χ4n) is 2.00. The average molecular weight is 351 g/mol. The van der Waals surface area contributed by atoms with Crippen LogP contribution in [0.5, 0.6) is 0 Å². The molecule has 4 nitrogen and oxygen atoms in total. The first-order valence-electron chi connectivity index (χ1n) is 7.16. The molecular formula is C17H16Cl2N2O2. The molecule has 2 rings (SSSR count). The minimum Gasteiger partial charge on any atom is -0.326 e. The lowest BCUT2D eigenvalue weighted by Gasteiger charge is -2.09. The molecule has 0 heterocycles. The molecular weight excluding hydrogens is 335 g/mol. The zero-order chi connectivity index (χ0) is 16.8. The highest BCUT2D eigenvalue weighted by Gasteiger charge is 2.11. The Bertz CT molecular complexity index is 732. The first-order valence-corrected chi connectivity index (χ1v) is 7.91. The van der Waals surface area contributed by atoms with Gasteiger partial charge < -0.3 is 10.6 Å². The van der Waals surface area contributed by atoms with E-state index < -0.39 is 0 Å². The molecule has 0 spiro atoms. The van der Waals surface area contributed by atoms with Crippen LogP contribution in [0, 0.1) is 0 Å². The lowest BCUT2D eigenvalue weighted by atomic mass is 10.2. The van der Waals surface area contributed by atoms with Gasteiger partial charge in [0.05, 0.1) is 10.6 Å². The van der Waals surface area contributed by atoms with E-state index in [0.29, 0.717) is 28.4 Å². The number of anilines is 2. The molecule has 0 atom stereocenters. The smallest absolute Gasteiger partial charge is 0.257 e. The number of carbonyl (C=O) groups excluding carboxylic acids is 2. The SMILES string of the molecule is CCCC(=O)Nc1cccc(NC(=O)c2ccc(Cl)cc2Cl)c1. The van der Waals surface area contributed by atoms with Crippen LogP contribution in [-0.4, -0.2) is 11.8 Å². The predicted molar refractivity (Wildman–Crippen MR) is 94.4 cm³/mol. The van der Waals surface area contributed by atoms with Crippen molar-refractivity contribution in [3.63, 3.8) is 0 Å². The van der Waals surface area contributed by atoms with Gasteiger partial charge in [-0.15, -0.1) is 0 Å². The molecule has 120 valence electrons. The summed E-state index contributed by atoms with van der Waals surface area (Å²) < 4.78 is 0. The number of halogens is 2. The Hall–Kier alpha value is -2.04. The van der Waals surface area contributed by atoms with Crippen molar-refractivity contribution < 1.29 is 9.59 Å². The molecule has 0 aliphatic heterocycles. The van der Waals surface area contributed by atoms with Crippen LogP contribution in [0.15, 0.2) is 42.5 Å². The zero-order valence-electron chi connectivity index (χ0n) is 12.5. The Morgan fingerprint density at radius 1 is 1.00 bits per heavy atom. The first-order chi connectivity index (χ1) is 11.0. The molecule has 0 aliphatic rings. The van der Waals surface area contributed by atoms with Crippen LogP contribution < -0.4 is 10.6 Å². The second-order valence-electron chi connectivity index (χ2n) is 4.96. The van der Waals surface area contributed by atoms with Crippen molar-refractivity contribution in [1.82, 2.24) is 0 Å². The lowest BCUT2D eigenvalue weighted by Crippen LogP contribution is -2.14. The molecule has 0 aliphatic carbocycles. The van der Waals surface area contributed by atoms with E-state index in [-0.39, 0.29) is 16.8 Å². The molecule has 2 amide bonds. The fourth-order valence-corrected chi connectivity index (χ4v) is 2.49. The summed E-state index contributed by atoms with van der Waals surface area (Å²) in [4.78, 5) is 23.9. The Kier molecular flexibility index (Phi) is 6.02. The van der Waals surface area contributed by atoms with E-state index in [0.717, 1.165) is 6.42 Å². The molecule has 2 aromatic rings. The number of rotatable bonds is 5. The summed E-state index contributed by atoms with van der Waals surface area (Å²) in [6.07, 6.45) is 1.23. The summed E-state index contributed by atoms with van der Waals surface area (Å²) in [5.74, 6) is -0.402. The van der Waals surface area contributed by atoms with Crippen molar-refractivity contribution in [2.45, 2.75) is 19.8 Å². The van der Waals surface area contributed by atoms with Crippen LogP contribution >= 0.6 is 23.2 Å². The molecule has 0 fully saturated rings. The van der Waals surface area contributed by atoms with Crippen LogP contribution in [0.4, 0.5) is 11.4 Å². The summed E-state index contributed by atoms with van der Waals surface area (Å²) in [5.41, 5.74) is 1.52. The minimum atomic E-state index is -0.344. The molecule has 0 aromatic heterocycles. The van der Waals surface area contributed by atoms with Crippen LogP contribution in [0.25, 0.3) is 0 Å². The molecule has 0 radical (unpaired) electrons. The zero-order valence-corrected chi connectivity index (χ0v) is 14.0. The van der Waals surface area contributed by atoms with Gasteiger partial charge in [-0.25, -0.2) is 0 Å². The van der Waals surface area contributed by atoms with Gasteiger partial charge in [-0.05, 0) is 42.8 Å². The maximum absolute atomic E-state index is 12.3. The second-order valence-corrected chi connectivity index (χ2v) is 5.80. The Labute approximate surface area is 144 Å². The Morgan fingerprint density at radius 2 is 1.70 bits per heavy atom. The monoisotopic (exact) mass is 350 g/mol. The van der Waals surface area contributed by atoms with Crippen LogP contribution in [-0.2, 0) is 4.79 Å². The Morgan fingerprint density at radius 3 is 2.35 bits per heavy atom. The van der Waals surface area contributed by atoms with Gasteiger partial charge in [0.2, 0.25) is 5.91 Å². The summed E-state index contributed by atoms with van der Waals surface area (Å²) in [6.45, 7) is 1.94. The highest BCUT2D eigenvalue weighted by Crippen LogP contribution is 2.23. The molecule has 2 aromatic carbocycles. The van der Waals surface area contributed by atoms with Gasteiger partial charge in [0.1, 0.15) is 0 Å². The van der Waals surface area contributed by atoms with Gasteiger partial charge in [-0.3, -0.25) is 9.59 Å². The van der Waals surface area contributed by atoms with E-state index >= 15 is 0 Å². The van der Waals surface area contributed by atoms with Crippen molar-refractivity contribution in [1.29, 1.82) is 0 Å².